The average molecular weight is 297 g/mol. The maximum Gasteiger partial charge on any atom is 0.203 e. The largest absolute Gasteiger partial charge is 0.493 e. The van der Waals surface area contributed by atoms with Crippen LogP contribution in [0.2, 0.25) is 0 Å². The van der Waals surface area contributed by atoms with Crippen molar-refractivity contribution in [3.8, 4) is 17.2 Å². The number of hydrogen-bond donors (Lipinski definition) is 1. The number of nitrogens with two attached hydrogens (primary N) is 1. The van der Waals surface area contributed by atoms with Crippen LogP contribution in [0.4, 0.5) is 0 Å². The summed E-state index contributed by atoms with van der Waals surface area (Å²) in [6.07, 6.45) is 1.56. The predicted octanol–water partition coefficient (Wildman–Crippen LogP) is 2.40. The Balaban J connectivity index is 3.00. The predicted molar refractivity (Wildman–Crippen MR) is 83.5 cm³/mol. The van der Waals surface area contributed by atoms with E-state index in [1.165, 1.54) is 0 Å². The summed E-state index contributed by atoms with van der Waals surface area (Å²) in [6, 6.07) is 3.97. The number of ether oxygens (including phenoxy) is 4. The van der Waals surface area contributed by atoms with Crippen LogP contribution in [-0.2, 0) is 11.2 Å². The molecular weight excluding hydrogens is 270 g/mol. The van der Waals surface area contributed by atoms with Crippen LogP contribution in [0.15, 0.2) is 12.1 Å². The molecular formula is C16H27NO4. The van der Waals surface area contributed by atoms with Crippen molar-refractivity contribution in [2.45, 2.75) is 38.8 Å². The Bertz CT molecular complexity index is 409. The van der Waals surface area contributed by atoms with Crippen molar-refractivity contribution >= 4 is 0 Å². The number of rotatable bonds is 9. The summed E-state index contributed by atoms with van der Waals surface area (Å²) < 4.78 is 21.9. The van der Waals surface area contributed by atoms with Crippen LogP contribution in [0.3, 0.4) is 0 Å². The van der Waals surface area contributed by atoms with Gasteiger partial charge in [0.25, 0.3) is 0 Å². The highest BCUT2D eigenvalue weighted by molar-refractivity contribution is 5.54. The molecule has 0 saturated heterocycles. The average Bonchev–Trinajstić information content (AvgIpc) is 2.45. The van der Waals surface area contributed by atoms with E-state index < -0.39 is 0 Å². The molecule has 0 amide bonds. The standard InChI is InChI=1S/C16H27NO4/c1-11(17)8-13-9-14(19-4)16(15(10-13)20-5)21-12(2)6-7-18-3/h9-12H,6-8,17H2,1-5H3. The molecule has 120 valence electrons. The van der Waals surface area contributed by atoms with E-state index in [0.717, 1.165) is 18.4 Å². The number of benzene rings is 1. The molecule has 21 heavy (non-hydrogen) atoms. The summed E-state index contributed by atoms with van der Waals surface area (Å²) in [5.74, 6) is 1.94. The van der Waals surface area contributed by atoms with E-state index in [4.69, 9.17) is 24.7 Å². The van der Waals surface area contributed by atoms with Crippen LogP contribution in [0, 0.1) is 0 Å². The zero-order valence-corrected chi connectivity index (χ0v) is 13.6. The molecule has 0 fully saturated rings. The molecule has 0 saturated carbocycles. The van der Waals surface area contributed by atoms with Crippen LogP contribution in [0.1, 0.15) is 25.8 Å². The lowest BCUT2D eigenvalue weighted by Gasteiger charge is -2.20. The minimum absolute atomic E-state index is 0.00651. The minimum Gasteiger partial charge on any atom is -0.493 e. The van der Waals surface area contributed by atoms with E-state index in [-0.39, 0.29) is 12.1 Å². The fourth-order valence-electron chi connectivity index (χ4n) is 2.08. The molecule has 0 radical (unpaired) electrons. The Morgan fingerprint density at radius 1 is 1.05 bits per heavy atom. The first-order chi connectivity index (χ1) is 10.0. The van der Waals surface area contributed by atoms with E-state index in [1.807, 2.05) is 26.0 Å². The molecule has 2 unspecified atom stereocenters. The summed E-state index contributed by atoms with van der Waals surface area (Å²) in [6.45, 7) is 4.61. The normalized spacial score (nSPS) is 13.6. The van der Waals surface area contributed by atoms with Crippen LogP contribution in [-0.4, -0.2) is 40.1 Å². The smallest absolute Gasteiger partial charge is 0.203 e. The highest BCUT2D eigenvalue weighted by atomic mass is 16.5. The summed E-state index contributed by atoms with van der Waals surface area (Å²) in [7, 11) is 4.92. The summed E-state index contributed by atoms with van der Waals surface area (Å²) in [4.78, 5) is 0. The van der Waals surface area contributed by atoms with E-state index in [1.54, 1.807) is 21.3 Å². The number of methoxy groups -OCH3 is 3. The van der Waals surface area contributed by atoms with Crippen molar-refractivity contribution in [2.24, 2.45) is 5.73 Å². The lowest BCUT2D eigenvalue weighted by Crippen LogP contribution is -2.18. The van der Waals surface area contributed by atoms with Gasteiger partial charge in [0.15, 0.2) is 11.5 Å². The molecule has 0 spiro atoms. The lowest BCUT2D eigenvalue weighted by molar-refractivity contribution is 0.130. The van der Waals surface area contributed by atoms with Crippen molar-refractivity contribution in [3.05, 3.63) is 17.7 Å². The van der Waals surface area contributed by atoms with Crippen molar-refractivity contribution in [1.82, 2.24) is 0 Å². The van der Waals surface area contributed by atoms with Gasteiger partial charge in [0.05, 0.1) is 20.3 Å². The second-order valence-electron chi connectivity index (χ2n) is 5.22. The molecule has 1 rings (SSSR count). The quantitative estimate of drug-likeness (QED) is 0.758. The van der Waals surface area contributed by atoms with E-state index in [2.05, 4.69) is 0 Å². The zero-order valence-electron chi connectivity index (χ0n) is 13.6. The highest BCUT2D eigenvalue weighted by Crippen LogP contribution is 2.39. The van der Waals surface area contributed by atoms with Gasteiger partial charge in [-0.1, -0.05) is 0 Å². The fraction of sp³-hybridized carbons (Fsp3) is 0.625. The SMILES string of the molecule is COCCC(C)Oc1c(OC)cc(CC(C)N)cc1OC. The maximum atomic E-state index is 5.96. The second-order valence-corrected chi connectivity index (χ2v) is 5.22. The Morgan fingerprint density at radius 2 is 1.62 bits per heavy atom. The van der Waals surface area contributed by atoms with Gasteiger partial charge in [0.1, 0.15) is 0 Å². The fourth-order valence-corrected chi connectivity index (χ4v) is 2.08. The van der Waals surface area contributed by atoms with Crippen molar-refractivity contribution in [1.29, 1.82) is 0 Å². The number of hydrogen-bond acceptors (Lipinski definition) is 5. The van der Waals surface area contributed by atoms with Gasteiger partial charge in [-0.3, -0.25) is 0 Å². The Morgan fingerprint density at radius 3 is 2.05 bits per heavy atom. The Kier molecular flexibility index (Phi) is 7.32. The molecule has 0 heterocycles. The summed E-state index contributed by atoms with van der Waals surface area (Å²) >= 11 is 0. The van der Waals surface area contributed by atoms with E-state index in [9.17, 15) is 0 Å². The van der Waals surface area contributed by atoms with E-state index >= 15 is 0 Å². The highest BCUT2D eigenvalue weighted by Gasteiger charge is 2.17. The van der Waals surface area contributed by atoms with Crippen LogP contribution >= 0.6 is 0 Å². The van der Waals surface area contributed by atoms with Crippen molar-refractivity contribution in [3.63, 3.8) is 0 Å². The molecule has 0 aliphatic heterocycles. The van der Waals surface area contributed by atoms with Crippen molar-refractivity contribution < 1.29 is 18.9 Å². The van der Waals surface area contributed by atoms with Gasteiger partial charge < -0.3 is 24.7 Å². The maximum absolute atomic E-state index is 5.96. The summed E-state index contributed by atoms with van der Waals surface area (Å²) in [5, 5.41) is 0. The van der Waals surface area contributed by atoms with Crippen LogP contribution in [0.5, 0.6) is 17.2 Å². The molecule has 0 aromatic heterocycles. The molecule has 0 aliphatic carbocycles. The molecule has 0 aliphatic rings. The minimum atomic E-state index is 0.00651. The molecule has 1 aromatic carbocycles. The summed E-state index contributed by atoms with van der Waals surface area (Å²) in [5.41, 5.74) is 6.92. The van der Waals surface area contributed by atoms with Gasteiger partial charge in [-0.05, 0) is 38.0 Å². The second kappa shape index (κ2) is 8.74. The molecule has 2 atom stereocenters. The van der Waals surface area contributed by atoms with Gasteiger partial charge in [0.2, 0.25) is 5.75 Å². The Labute approximate surface area is 127 Å². The lowest BCUT2D eigenvalue weighted by atomic mass is 10.1. The first kappa shape index (κ1) is 17.6. The first-order valence-electron chi connectivity index (χ1n) is 7.17. The van der Waals surface area contributed by atoms with Gasteiger partial charge in [-0.15, -0.1) is 0 Å². The van der Waals surface area contributed by atoms with Gasteiger partial charge in [-0.2, -0.15) is 0 Å². The van der Waals surface area contributed by atoms with Crippen molar-refractivity contribution in [2.75, 3.05) is 27.9 Å². The van der Waals surface area contributed by atoms with Gasteiger partial charge in [0, 0.05) is 26.2 Å². The molecule has 0 bridgehead atoms. The monoisotopic (exact) mass is 297 g/mol. The van der Waals surface area contributed by atoms with Gasteiger partial charge in [-0.25, -0.2) is 0 Å². The molecule has 5 heteroatoms. The van der Waals surface area contributed by atoms with Crippen LogP contribution < -0.4 is 19.9 Å². The topological polar surface area (TPSA) is 62.9 Å². The Hall–Kier alpha value is -1.46. The zero-order chi connectivity index (χ0) is 15.8. The first-order valence-corrected chi connectivity index (χ1v) is 7.17. The molecule has 1 aromatic rings. The molecule has 5 nitrogen and oxygen atoms in total. The third-order valence-electron chi connectivity index (χ3n) is 3.13. The third-order valence-corrected chi connectivity index (χ3v) is 3.13. The van der Waals surface area contributed by atoms with E-state index in [0.29, 0.717) is 23.9 Å². The van der Waals surface area contributed by atoms with Gasteiger partial charge >= 0.3 is 0 Å². The third kappa shape index (κ3) is 5.44. The van der Waals surface area contributed by atoms with Crippen LogP contribution in [0.25, 0.3) is 0 Å². The molecule has 2 N–H and O–H groups in total.